The van der Waals surface area contributed by atoms with Gasteiger partial charge in [-0.05, 0) is 49.1 Å². The molecule has 1 fully saturated rings. The molecule has 0 spiro atoms. The summed E-state index contributed by atoms with van der Waals surface area (Å²) in [5, 5.41) is 12.0. The second-order valence-corrected chi connectivity index (χ2v) is 6.95. The maximum atomic E-state index is 8.95. The van der Waals surface area contributed by atoms with Crippen LogP contribution in [0.5, 0.6) is 5.88 Å². The highest BCUT2D eigenvalue weighted by molar-refractivity contribution is 6.00. The lowest BCUT2D eigenvalue weighted by molar-refractivity contribution is 0.0530. The standard InChI is InChI=1S/C16H25N3O2/c1-10-7-12(9-16(3,4)8-10)21-15-13(14(17)19-20)11(2)5-6-18-15/h5-6,10,12,20H,7-9H2,1-4H3,(H2,17,19). The third kappa shape index (κ3) is 3.65. The molecule has 2 atom stereocenters. The summed E-state index contributed by atoms with van der Waals surface area (Å²) in [4.78, 5) is 4.28. The summed E-state index contributed by atoms with van der Waals surface area (Å²) < 4.78 is 6.11. The monoisotopic (exact) mass is 291 g/mol. The van der Waals surface area contributed by atoms with Crippen molar-refractivity contribution in [2.45, 2.75) is 53.1 Å². The summed E-state index contributed by atoms with van der Waals surface area (Å²) in [5.41, 5.74) is 7.50. The average molecular weight is 291 g/mol. The van der Waals surface area contributed by atoms with Gasteiger partial charge in [0.2, 0.25) is 5.88 Å². The van der Waals surface area contributed by atoms with Crippen molar-refractivity contribution in [1.82, 2.24) is 4.98 Å². The molecule has 5 heteroatoms. The van der Waals surface area contributed by atoms with Crippen LogP contribution in [-0.2, 0) is 0 Å². The zero-order valence-electron chi connectivity index (χ0n) is 13.3. The van der Waals surface area contributed by atoms with Crippen molar-refractivity contribution < 1.29 is 9.94 Å². The van der Waals surface area contributed by atoms with Gasteiger partial charge in [-0.15, -0.1) is 0 Å². The Labute approximate surface area is 126 Å². The molecule has 5 nitrogen and oxygen atoms in total. The van der Waals surface area contributed by atoms with Gasteiger partial charge in [0.15, 0.2) is 5.84 Å². The molecular formula is C16H25N3O2. The van der Waals surface area contributed by atoms with E-state index in [4.69, 9.17) is 15.7 Å². The SMILES string of the molecule is Cc1ccnc(OC2CC(C)CC(C)(C)C2)c1/C(N)=N/O. The van der Waals surface area contributed by atoms with Crippen molar-refractivity contribution in [2.24, 2.45) is 22.2 Å². The van der Waals surface area contributed by atoms with E-state index in [0.717, 1.165) is 18.4 Å². The van der Waals surface area contributed by atoms with Gasteiger partial charge in [-0.3, -0.25) is 0 Å². The van der Waals surface area contributed by atoms with Gasteiger partial charge in [0.25, 0.3) is 0 Å². The lowest BCUT2D eigenvalue weighted by atomic mass is 9.71. The number of hydrogen-bond acceptors (Lipinski definition) is 4. The third-order valence-electron chi connectivity index (χ3n) is 4.11. The molecule has 1 aromatic heterocycles. The van der Waals surface area contributed by atoms with E-state index in [2.05, 4.69) is 30.9 Å². The quantitative estimate of drug-likeness (QED) is 0.388. The molecule has 21 heavy (non-hydrogen) atoms. The van der Waals surface area contributed by atoms with E-state index < -0.39 is 0 Å². The van der Waals surface area contributed by atoms with Crippen molar-refractivity contribution in [3.63, 3.8) is 0 Å². The van der Waals surface area contributed by atoms with Crippen LogP contribution in [0.1, 0.15) is 51.2 Å². The van der Waals surface area contributed by atoms with Crippen LogP contribution in [0.3, 0.4) is 0 Å². The van der Waals surface area contributed by atoms with Gasteiger partial charge in [-0.25, -0.2) is 4.98 Å². The van der Waals surface area contributed by atoms with Crippen molar-refractivity contribution in [3.05, 3.63) is 23.4 Å². The summed E-state index contributed by atoms with van der Waals surface area (Å²) in [6.45, 7) is 8.70. The molecule has 0 amide bonds. The zero-order chi connectivity index (χ0) is 15.6. The topological polar surface area (TPSA) is 80.7 Å². The molecule has 1 heterocycles. The molecule has 1 aliphatic rings. The smallest absolute Gasteiger partial charge is 0.225 e. The van der Waals surface area contributed by atoms with Crippen molar-refractivity contribution in [3.8, 4) is 5.88 Å². The minimum atomic E-state index is 0.0405. The predicted octanol–water partition coefficient (Wildman–Crippen LogP) is 3.08. The Morgan fingerprint density at radius 2 is 2.19 bits per heavy atom. The van der Waals surface area contributed by atoms with Gasteiger partial charge >= 0.3 is 0 Å². The first-order chi connectivity index (χ1) is 9.82. The Hall–Kier alpha value is -1.78. The van der Waals surface area contributed by atoms with Gasteiger partial charge in [0.1, 0.15) is 6.10 Å². The van der Waals surface area contributed by atoms with Gasteiger partial charge in [0, 0.05) is 6.20 Å². The predicted molar refractivity (Wildman–Crippen MR) is 82.7 cm³/mol. The summed E-state index contributed by atoms with van der Waals surface area (Å²) in [7, 11) is 0. The average Bonchev–Trinajstić information content (AvgIpc) is 2.35. The highest BCUT2D eigenvalue weighted by Crippen LogP contribution is 2.40. The molecule has 2 rings (SSSR count). The van der Waals surface area contributed by atoms with Crippen LogP contribution in [0.15, 0.2) is 17.4 Å². The number of nitrogens with two attached hydrogens (primary N) is 1. The van der Waals surface area contributed by atoms with Gasteiger partial charge < -0.3 is 15.7 Å². The summed E-state index contributed by atoms with van der Waals surface area (Å²) in [5.74, 6) is 1.12. The number of aryl methyl sites for hydroxylation is 1. The van der Waals surface area contributed by atoms with E-state index in [1.807, 2.05) is 13.0 Å². The molecule has 0 aromatic carbocycles. The number of amidine groups is 1. The second-order valence-electron chi connectivity index (χ2n) is 6.95. The second kappa shape index (κ2) is 5.92. The number of nitrogens with zero attached hydrogens (tertiary/aromatic N) is 2. The first-order valence-electron chi connectivity index (χ1n) is 7.42. The van der Waals surface area contributed by atoms with Crippen LogP contribution in [0.4, 0.5) is 0 Å². The van der Waals surface area contributed by atoms with Crippen LogP contribution in [0.25, 0.3) is 0 Å². The normalized spacial score (nSPS) is 25.6. The molecule has 1 aliphatic carbocycles. The van der Waals surface area contributed by atoms with E-state index >= 15 is 0 Å². The summed E-state index contributed by atoms with van der Waals surface area (Å²) in [6, 6.07) is 1.83. The minimum Gasteiger partial charge on any atom is -0.474 e. The van der Waals surface area contributed by atoms with Crippen LogP contribution in [0, 0.1) is 18.3 Å². The van der Waals surface area contributed by atoms with Crippen LogP contribution < -0.4 is 10.5 Å². The first-order valence-corrected chi connectivity index (χ1v) is 7.42. The Kier molecular flexibility index (Phi) is 4.40. The molecule has 2 unspecified atom stereocenters. The Bertz CT molecular complexity index is 540. The summed E-state index contributed by atoms with van der Waals surface area (Å²) in [6.07, 6.45) is 5.01. The lowest BCUT2D eigenvalue weighted by Gasteiger charge is -2.38. The fourth-order valence-electron chi connectivity index (χ4n) is 3.49. The maximum Gasteiger partial charge on any atom is 0.225 e. The molecule has 1 saturated carbocycles. The first kappa shape index (κ1) is 15.6. The van der Waals surface area contributed by atoms with Crippen molar-refractivity contribution >= 4 is 5.84 Å². The van der Waals surface area contributed by atoms with Crippen molar-refractivity contribution in [1.29, 1.82) is 0 Å². The number of pyridine rings is 1. The van der Waals surface area contributed by atoms with E-state index in [-0.39, 0.29) is 17.4 Å². The van der Waals surface area contributed by atoms with Crippen molar-refractivity contribution in [2.75, 3.05) is 0 Å². The number of hydrogen-bond donors (Lipinski definition) is 2. The molecule has 1 aromatic rings. The van der Waals surface area contributed by atoms with Crippen LogP contribution in [0.2, 0.25) is 0 Å². The fraction of sp³-hybridized carbons (Fsp3) is 0.625. The maximum absolute atomic E-state index is 8.95. The summed E-state index contributed by atoms with van der Waals surface area (Å²) >= 11 is 0. The minimum absolute atomic E-state index is 0.0405. The Morgan fingerprint density at radius 3 is 2.81 bits per heavy atom. The molecule has 3 N–H and O–H groups in total. The number of rotatable bonds is 3. The van der Waals surface area contributed by atoms with E-state index in [1.54, 1.807) is 6.20 Å². The van der Waals surface area contributed by atoms with Gasteiger partial charge in [-0.2, -0.15) is 0 Å². The highest BCUT2D eigenvalue weighted by atomic mass is 16.5. The van der Waals surface area contributed by atoms with E-state index in [0.29, 0.717) is 17.4 Å². The Balaban J connectivity index is 2.26. The molecule has 0 bridgehead atoms. The molecule has 0 saturated heterocycles. The fourth-order valence-corrected chi connectivity index (χ4v) is 3.49. The highest BCUT2D eigenvalue weighted by Gasteiger charge is 2.33. The molecule has 0 aliphatic heterocycles. The molecule has 116 valence electrons. The molecule has 0 radical (unpaired) electrons. The molecular weight excluding hydrogens is 266 g/mol. The largest absolute Gasteiger partial charge is 0.474 e. The van der Waals surface area contributed by atoms with Crippen LogP contribution >= 0.6 is 0 Å². The number of oxime groups is 1. The Morgan fingerprint density at radius 1 is 1.48 bits per heavy atom. The van der Waals surface area contributed by atoms with Gasteiger partial charge in [-0.1, -0.05) is 25.9 Å². The number of aromatic nitrogens is 1. The third-order valence-corrected chi connectivity index (χ3v) is 4.11. The lowest BCUT2D eigenvalue weighted by Crippen LogP contribution is -2.35. The van der Waals surface area contributed by atoms with Crippen LogP contribution in [-0.4, -0.2) is 22.1 Å². The van der Waals surface area contributed by atoms with E-state index in [1.165, 1.54) is 6.42 Å². The zero-order valence-corrected chi connectivity index (χ0v) is 13.3. The number of ether oxygens (including phenoxy) is 1. The van der Waals surface area contributed by atoms with E-state index in [9.17, 15) is 0 Å². The van der Waals surface area contributed by atoms with Gasteiger partial charge in [0.05, 0.1) is 5.56 Å².